The molecule has 0 bridgehead atoms. The Hall–Kier alpha value is 0.797. The molecule has 0 aromatic carbocycles. The van der Waals surface area contributed by atoms with E-state index >= 15 is 0 Å². The summed E-state index contributed by atoms with van der Waals surface area (Å²) in [6.45, 7) is 0. The van der Waals surface area contributed by atoms with Gasteiger partial charge in [-0.15, -0.1) is 0 Å². The molecule has 37 valence electrons. The van der Waals surface area contributed by atoms with Crippen molar-refractivity contribution < 1.29 is 41.6 Å². The van der Waals surface area contributed by atoms with Crippen molar-refractivity contribution in [2.75, 3.05) is 0 Å². The van der Waals surface area contributed by atoms with Gasteiger partial charge < -0.3 is 28.2 Å². The maximum Gasteiger partial charge on any atom is 0 e. The summed E-state index contributed by atoms with van der Waals surface area (Å²) in [5.74, 6) is 0. The van der Waals surface area contributed by atoms with Gasteiger partial charge in [0.25, 0.3) is 0 Å². The molecule has 0 aromatic rings. The normalized spacial score (nSPS) is 10.0. The fourth-order valence-electron chi connectivity index (χ4n) is 0. The van der Waals surface area contributed by atoms with Crippen LogP contribution in [0.2, 0.25) is 0 Å². The molecule has 0 unspecified atom stereocenters. The van der Waals surface area contributed by atoms with Gasteiger partial charge >= 0.3 is 0 Å². The molecule has 0 N–H and O–H groups in total. The summed E-state index contributed by atoms with van der Waals surface area (Å²) < 4.78 is 0. The summed E-state index contributed by atoms with van der Waals surface area (Å²) in [7, 11) is -5.61. The zero-order chi connectivity index (χ0) is 4.50. The van der Waals surface area contributed by atoms with E-state index in [4.69, 9.17) is 19.2 Å². The van der Waals surface area contributed by atoms with E-state index in [1.54, 1.807) is 0 Å². The third-order valence-electron chi connectivity index (χ3n) is 0. The van der Waals surface area contributed by atoms with Crippen LogP contribution in [0.4, 0.5) is 0 Å². The van der Waals surface area contributed by atoms with Gasteiger partial charge in [0.1, 0.15) is 0 Å². The largest absolute Gasteiger partial charge is 0.894 e. The number of rotatable bonds is 0. The van der Waals surface area contributed by atoms with Crippen LogP contribution in [0.25, 0.3) is 0 Å². The van der Waals surface area contributed by atoms with Gasteiger partial charge in [0, 0.05) is 22.4 Å². The minimum absolute atomic E-state index is 0. The summed E-state index contributed by atoms with van der Waals surface area (Å²) in [5.41, 5.74) is 0. The van der Waals surface area contributed by atoms with Gasteiger partial charge in [-0.25, -0.2) is 0 Å². The Labute approximate surface area is 51.1 Å². The number of hydrogen-bond donors (Lipinski definition) is 0. The molecule has 0 aliphatic heterocycles. The number of hydrogen-bond acceptors (Lipinski definition) is 4. The first-order valence-electron chi connectivity index (χ1n) is 0.816. The van der Waals surface area contributed by atoms with E-state index < -0.39 is 9.05 Å². The summed E-state index contributed by atoms with van der Waals surface area (Å²) in [5, 5.41) is 0. The van der Waals surface area contributed by atoms with Crippen LogP contribution in [0.3, 0.4) is 0 Å². The molecule has 1 radical (unpaired) electrons. The second-order valence-corrected chi connectivity index (χ2v) is 1.50. The molecule has 0 amide bonds. The van der Waals surface area contributed by atoms with Gasteiger partial charge in [0.15, 0.2) is 0 Å². The van der Waals surface area contributed by atoms with Gasteiger partial charge in [-0.1, -0.05) is 0 Å². The average molecular weight is 273 g/mol. The van der Waals surface area contributed by atoms with Crippen LogP contribution in [0.1, 0.15) is 0 Å². The van der Waals surface area contributed by atoms with Gasteiger partial charge in [-0.3, -0.25) is 0 Å². The second-order valence-electron chi connectivity index (χ2n) is 0.500. The molecular formula is O4SiTa-4. The minimum atomic E-state index is -5.61. The van der Waals surface area contributed by atoms with Crippen LogP contribution in [-0.2, 0) is 22.4 Å². The van der Waals surface area contributed by atoms with Crippen LogP contribution < -0.4 is 19.2 Å². The smallest absolute Gasteiger partial charge is 0 e. The van der Waals surface area contributed by atoms with Gasteiger partial charge in [-0.2, -0.15) is 0 Å². The van der Waals surface area contributed by atoms with Crippen LogP contribution in [-0.4, -0.2) is 9.05 Å². The molecule has 0 rings (SSSR count). The first-order chi connectivity index (χ1) is 2.00. The predicted molar refractivity (Wildman–Crippen MR) is 5.75 cm³/mol. The maximum atomic E-state index is 8.58. The molecule has 0 spiro atoms. The monoisotopic (exact) mass is 273 g/mol. The molecule has 0 saturated heterocycles. The van der Waals surface area contributed by atoms with E-state index in [0.29, 0.717) is 0 Å². The van der Waals surface area contributed by atoms with Gasteiger partial charge in [0.2, 0.25) is 0 Å². The van der Waals surface area contributed by atoms with Crippen LogP contribution in [0.5, 0.6) is 0 Å². The van der Waals surface area contributed by atoms with E-state index in [9.17, 15) is 0 Å². The fraction of sp³-hybridized carbons (Fsp3) is 0. The van der Waals surface area contributed by atoms with E-state index in [0.717, 1.165) is 0 Å². The molecular weight excluding hydrogens is 273 g/mol. The molecule has 0 aromatic heterocycles. The predicted octanol–water partition coefficient (Wildman–Crippen LogP) is -5.14. The van der Waals surface area contributed by atoms with Crippen molar-refractivity contribution >= 4 is 9.05 Å². The second kappa shape index (κ2) is 2.89. The molecule has 6 heavy (non-hydrogen) atoms. The van der Waals surface area contributed by atoms with E-state index in [2.05, 4.69) is 0 Å². The molecule has 6 heteroatoms. The Kier molecular flexibility index (Phi) is 4.78. The molecule has 0 saturated carbocycles. The topological polar surface area (TPSA) is 92.2 Å². The third-order valence-corrected chi connectivity index (χ3v) is 0. The Morgan fingerprint density at radius 1 is 0.833 bits per heavy atom. The van der Waals surface area contributed by atoms with Crippen molar-refractivity contribution in [1.29, 1.82) is 0 Å². The van der Waals surface area contributed by atoms with Crippen LogP contribution in [0, 0.1) is 0 Å². The zero-order valence-electron chi connectivity index (χ0n) is 2.58. The molecule has 0 heterocycles. The van der Waals surface area contributed by atoms with Gasteiger partial charge in [-0.05, 0) is 0 Å². The van der Waals surface area contributed by atoms with E-state index in [-0.39, 0.29) is 22.4 Å². The molecule has 4 nitrogen and oxygen atoms in total. The van der Waals surface area contributed by atoms with Gasteiger partial charge in [0.05, 0.1) is 0 Å². The summed E-state index contributed by atoms with van der Waals surface area (Å²) >= 11 is 0. The van der Waals surface area contributed by atoms with E-state index in [1.165, 1.54) is 0 Å². The van der Waals surface area contributed by atoms with Crippen molar-refractivity contribution in [3.8, 4) is 0 Å². The quantitative estimate of drug-likeness (QED) is 0.413. The van der Waals surface area contributed by atoms with Crippen molar-refractivity contribution in [1.82, 2.24) is 0 Å². The summed E-state index contributed by atoms with van der Waals surface area (Å²) in [6, 6.07) is 0. The van der Waals surface area contributed by atoms with Crippen molar-refractivity contribution in [3.05, 3.63) is 0 Å². The van der Waals surface area contributed by atoms with Crippen LogP contribution >= 0.6 is 0 Å². The minimum Gasteiger partial charge on any atom is -0.894 e. The Morgan fingerprint density at radius 3 is 0.833 bits per heavy atom. The zero-order valence-corrected chi connectivity index (χ0v) is 6.79. The SMILES string of the molecule is [O-][Si]([O-])([O-])[O-].[Ta]. The third kappa shape index (κ3) is 109. The van der Waals surface area contributed by atoms with Crippen molar-refractivity contribution in [2.24, 2.45) is 0 Å². The fourth-order valence-corrected chi connectivity index (χ4v) is 0. The first-order valence-corrected chi connectivity index (χ1v) is 2.45. The summed E-state index contributed by atoms with van der Waals surface area (Å²) in [6.07, 6.45) is 0. The first kappa shape index (κ1) is 9.93. The van der Waals surface area contributed by atoms with Crippen LogP contribution in [0.15, 0.2) is 0 Å². The van der Waals surface area contributed by atoms with E-state index in [1.807, 2.05) is 0 Å². The van der Waals surface area contributed by atoms with Crippen molar-refractivity contribution in [2.45, 2.75) is 0 Å². The Balaban J connectivity index is 0. The molecule has 0 aliphatic carbocycles. The molecule has 0 atom stereocenters. The Bertz CT molecular complexity index is 23.0. The van der Waals surface area contributed by atoms with Crippen molar-refractivity contribution in [3.63, 3.8) is 0 Å². The molecule has 0 fully saturated rings. The Morgan fingerprint density at radius 2 is 0.833 bits per heavy atom. The maximum absolute atomic E-state index is 8.58. The summed E-state index contributed by atoms with van der Waals surface area (Å²) in [4.78, 5) is 34.3. The standard InChI is InChI=1S/O4Si.Ta/c1-5(2,3)4;/q-4;. The average Bonchev–Trinajstić information content (AvgIpc) is 0.722. The molecule has 0 aliphatic rings.